The maximum absolute atomic E-state index is 11.9. The van der Waals surface area contributed by atoms with Crippen molar-refractivity contribution in [3.63, 3.8) is 0 Å². The number of esters is 1. The van der Waals surface area contributed by atoms with Gasteiger partial charge in [0.25, 0.3) is 11.6 Å². The van der Waals surface area contributed by atoms with Crippen molar-refractivity contribution in [1.82, 2.24) is 5.32 Å². The van der Waals surface area contributed by atoms with Gasteiger partial charge in [-0.05, 0) is 25.0 Å². The first kappa shape index (κ1) is 20.6. The van der Waals surface area contributed by atoms with E-state index in [9.17, 15) is 24.5 Å². The predicted molar refractivity (Wildman–Crippen MR) is 97.3 cm³/mol. The zero-order valence-electron chi connectivity index (χ0n) is 14.5. The second-order valence-corrected chi connectivity index (χ2v) is 6.62. The Labute approximate surface area is 160 Å². The first-order chi connectivity index (χ1) is 12.9. The number of carbonyl (C=O) groups excluding carboxylic acids is 3. The highest BCUT2D eigenvalue weighted by atomic mass is 35.5. The van der Waals surface area contributed by atoms with E-state index in [0.29, 0.717) is 0 Å². The monoisotopic (exact) mass is 397 g/mol. The van der Waals surface area contributed by atoms with Gasteiger partial charge in [-0.15, -0.1) is 0 Å². The van der Waals surface area contributed by atoms with Crippen LogP contribution in [0, 0.1) is 16.0 Å². The molecule has 0 atom stereocenters. The lowest BCUT2D eigenvalue weighted by atomic mass is 9.89. The highest BCUT2D eigenvalue weighted by Gasteiger charge is 2.22. The van der Waals surface area contributed by atoms with Gasteiger partial charge in [-0.3, -0.25) is 24.5 Å². The zero-order chi connectivity index (χ0) is 19.8. The summed E-state index contributed by atoms with van der Waals surface area (Å²) in [6.07, 6.45) is 4.73. The molecule has 1 aromatic rings. The van der Waals surface area contributed by atoms with Gasteiger partial charge >= 0.3 is 5.97 Å². The first-order valence-electron chi connectivity index (χ1n) is 8.54. The fraction of sp³-hybridized carbons (Fsp3) is 0.471. The topological polar surface area (TPSA) is 128 Å². The summed E-state index contributed by atoms with van der Waals surface area (Å²) >= 11 is 5.77. The summed E-state index contributed by atoms with van der Waals surface area (Å²) in [7, 11) is 0. The Bertz CT molecular complexity index is 733. The molecule has 1 aliphatic carbocycles. The Kier molecular flexibility index (Phi) is 7.54. The lowest BCUT2D eigenvalue weighted by molar-refractivity contribution is -0.383. The molecule has 0 aromatic heterocycles. The second-order valence-electron chi connectivity index (χ2n) is 6.18. The summed E-state index contributed by atoms with van der Waals surface area (Å²) < 4.78 is 4.78. The van der Waals surface area contributed by atoms with E-state index in [-0.39, 0.29) is 34.8 Å². The van der Waals surface area contributed by atoms with Gasteiger partial charge in [0.2, 0.25) is 5.91 Å². The van der Waals surface area contributed by atoms with Crippen LogP contribution < -0.4 is 10.6 Å². The van der Waals surface area contributed by atoms with Crippen LogP contribution in [0.25, 0.3) is 0 Å². The van der Waals surface area contributed by atoms with Crippen molar-refractivity contribution >= 4 is 40.8 Å². The minimum atomic E-state index is -0.769. The predicted octanol–water partition coefficient (Wildman–Crippen LogP) is 2.43. The number of nitro groups is 1. The number of hydrogen-bond donors (Lipinski definition) is 2. The maximum atomic E-state index is 11.9. The number of carbonyl (C=O) groups is 3. The van der Waals surface area contributed by atoms with Crippen LogP contribution in [0.5, 0.6) is 0 Å². The molecule has 27 heavy (non-hydrogen) atoms. The van der Waals surface area contributed by atoms with Gasteiger partial charge in [0, 0.05) is 17.0 Å². The molecule has 146 valence electrons. The fourth-order valence-electron chi connectivity index (χ4n) is 2.82. The van der Waals surface area contributed by atoms with Crippen molar-refractivity contribution in [2.45, 2.75) is 32.1 Å². The Morgan fingerprint density at radius 1 is 1.22 bits per heavy atom. The summed E-state index contributed by atoms with van der Waals surface area (Å²) in [5.74, 6) is -1.80. The lowest BCUT2D eigenvalue weighted by Crippen LogP contribution is -2.36. The van der Waals surface area contributed by atoms with Crippen LogP contribution in [0.4, 0.5) is 11.4 Å². The van der Waals surface area contributed by atoms with E-state index in [1.54, 1.807) is 0 Å². The van der Waals surface area contributed by atoms with Crippen LogP contribution in [0.3, 0.4) is 0 Å². The van der Waals surface area contributed by atoms with E-state index in [1.165, 1.54) is 12.1 Å². The van der Waals surface area contributed by atoms with E-state index in [0.717, 1.165) is 38.2 Å². The Morgan fingerprint density at radius 2 is 1.93 bits per heavy atom. The summed E-state index contributed by atoms with van der Waals surface area (Å²) in [5, 5.41) is 15.9. The molecule has 1 aliphatic rings. The van der Waals surface area contributed by atoms with Gasteiger partial charge in [-0.1, -0.05) is 30.9 Å². The average Bonchev–Trinajstić information content (AvgIpc) is 2.65. The standard InChI is InChI=1S/C17H20ClN3O6/c18-12-6-7-14(21(25)26)13(8-12)20-15(22)10-27-16(23)9-19-17(24)11-4-2-1-3-5-11/h6-8,11H,1-5,9-10H2,(H,19,24)(H,20,22). The fourth-order valence-corrected chi connectivity index (χ4v) is 2.99. The van der Waals surface area contributed by atoms with Crippen molar-refractivity contribution in [2.24, 2.45) is 5.92 Å². The van der Waals surface area contributed by atoms with E-state index in [4.69, 9.17) is 16.3 Å². The Balaban J connectivity index is 1.76. The Morgan fingerprint density at radius 3 is 2.59 bits per heavy atom. The largest absolute Gasteiger partial charge is 0.454 e. The smallest absolute Gasteiger partial charge is 0.325 e. The van der Waals surface area contributed by atoms with Crippen LogP contribution in [-0.4, -0.2) is 35.9 Å². The van der Waals surface area contributed by atoms with Crippen LogP contribution in [0.1, 0.15) is 32.1 Å². The molecule has 1 fully saturated rings. The zero-order valence-corrected chi connectivity index (χ0v) is 15.3. The third-order valence-corrected chi connectivity index (χ3v) is 4.41. The van der Waals surface area contributed by atoms with E-state index in [2.05, 4.69) is 10.6 Å². The van der Waals surface area contributed by atoms with Crippen LogP contribution in [-0.2, 0) is 19.1 Å². The third kappa shape index (κ3) is 6.52. The van der Waals surface area contributed by atoms with Crippen LogP contribution in [0.2, 0.25) is 5.02 Å². The van der Waals surface area contributed by atoms with Gasteiger partial charge in [0.05, 0.1) is 4.92 Å². The number of amides is 2. The molecule has 0 spiro atoms. The summed E-state index contributed by atoms with van der Waals surface area (Å²) in [6, 6.07) is 3.71. The third-order valence-electron chi connectivity index (χ3n) is 4.18. The second kappa shape index (κ2) is 9.86. The number of ether oxygens (including phenoxy) is 1. The molecule has 2 amide bonds. The molecule has 0 saturated heterocycles. The molecule has 2 rings (SSSR count). The number of nitro benzene ring substituents is 1. The van der Waals surface area contributed by atoms with E-state index < -0.39 is 23.4 Å². The molecular formula is C17H20ClN3O6. The average molecular weight is 398 g/mol. The van der Waals surface area contributed by atoms with Gasteiger partial charge in [-0.25, -0.2) is 0 Å². The maximum Gasteiger partial charge on any atom is 0.325 e. The van der Waals surface area contributed by atoms with Gasteiger partial charge in [0.15, 0.2) is 6.61 Å². The lowest BCUT2D eigenvalue weighted by Gasteiger charge is -2.20. The normalized spacial score (nSPS) is 14.3. The van der Waals surface area contributed by atoms with E-state index >= 15 is 0 Å². The molecule has 9 nitrogen and oxygen atoms in total. The molecular weight excluding hydrogens is 378 g/mol. The van der Waals surface area contributed by atoms with Crippen LogP contribution >= 0.6 is 11.6 Å². The SMILES string of the molecule is O=C(COC(=O)CNC(=O)C1CCCCC1)Nc1cc(Cl)ccc1[N+](=O)[O-]. The van der Waals surface area contributed by atoms with Crippen molar-refractivity contribution in [3.8, 4) is 0 Å². The number of benzene rings is 1. The van der Waals surface area contributed by atoms with Crippen molar-refractivity contribution in [2.75, 3.05) is 18.5 Å². The Hall–Kier alpha value is -2.68. The molecule has 0 heterocycles. The molecule has 0 bridgehead atoms. The van der Waals surface area contributed by atoms with Crippen molar-refractivity contribution < 1.29 is 24.0 Å². The van der Waals surface area contributed by atoms with Crippen LogP contribution in [0.15, 0.2) is 18.2 Å². The number of halogens is 1. The number of anilines is 1. The molecule has 1 saturated carbocycles. The molecule has 1 aromatic carbocycles. The number of hydrogen-bond acceptors (Lipinski definition) is 6. The number of rotatable bonds is 7. The quantitative estimate of drug-likeness (QED) is 0.413. The van der Waals surface area contributed by atoms with Crippen molar-refractivity contribution in [3.05, 3.63) is 33.3 Å². The number of nitrogens with zero attached hydrogens (tertiary/aromatic N) is 1. The minimum Gasteiger partial charge on any atom is -0.454 e. The first-order valence-corrected chi connectivity index (χ1v) is 8.91. The van der Waals surface area contributed by atoms with Crippen molar-refractivity contribution in [1.29, 1.82) is 0 Å². The highest BCUT2D eigenvalue weighted by molar-refractivity contribution is 6.31. The summed E-state index contributed by atoms with van der Waals surface area (Å²) in [6.45, 7) is -0.971. The summed E-state index contributed by atoms with van der Waals surface area (Å²) in [5.41, 5.74) is -0.432. The molecule has 2 N–H and O–H groups in total. The number of nitrogens with one attached hydrogen (secondary N) is 2. The van der Waals surface area contributed by atoms with Gasteiger partial charge in [0.1, 0.15) is 12.2 Å². The summed E-state index contributed by atoms with van der Waals surface area (Å²) in [4.78, 5) is 45.7. The molecule has 0 radical (unpaired) electrons. The van der Waals surface area contributed by atoms with Gasteiger partial charge in [-0.2, -0.15) is 0 Å². The van der Waals surface area contributed by atoms with E-state index in [1.807, 2.05) is 0 Å². The minimum absolute atomic E-state index is 0.0850. The molecule has 0 aliphatic heterocycles. The molecule has 10 heteroatoms. The highest BCUT2D eigenvalue weighted by Crippen LogP contribution is 2.27. The molecule has 0 unspecified atom stereocenters. The van der Waals surface area contributed by atoms with Gasteiger partial charge < -0.3 is 15.4 Å².